The van der Waals surface area contributed by atoms with E-state index in [1.54, 1.807) is 32.4 Å². The lowest BCUT2D eigenvalue weighted by molar-refractivity contribution is -0.119. The molecule has 1 aliphatic heterocycles. The second-order valence-corrected chi connectivity index (χ2v) is 7.31. The minimum Gasteiger partial charge on any atom is -0.497 e. The highest BCUT2D eigenvalue weighted by atomic mass is 16.5. The average Bonchev–Trinajstić information content (AvgIpc) is 2.58. The van der Waals surface area contributed by atoms with Gasteiger partial charge in [-0.15, -0.1) is 0 Å². The van der Waals surface area contributed by atoms with Gasteiger partial charge in [-0.3, -0.25) is 4.79 Å². The van der Waals surface area contributed by atoms with Crippen LogP contribution in [0, 0.1) is 16.7 Å². The molecule has 0 spiro atoms. The molecule has 1 aliphatic carbocycles. The zero-order valence-corrected chi connectivity index (χ0v) is 15.4. The Kier molecular flexibility index (Phi) is 4.41. The lowest BCUT2D eigenvalue weighted by Crippen LogP contribution is -2.33. The summed E-state index contributed by atoms with van der Waals surface area (Å²) in [6, 6.07) is 7.41. The number of hydrogen-bond donors (Lipinski definition) is 1. The standard InChI is InChI=1S/C20H22N2O4/c1-20(2)8-14(23)18-16(9-20)26-19(22)13(10-21)17(18)12-7-11(24-3)5-6-15(12)25-4/h5-7,17H,8-9,22H2,1-4H3/t17-/m1/s1. The number of hydrogen-bond acceptors (Lipinski definition) is 6. The molecule has 2 N–H and O–H groups in total. The third-order valence-corrected chi connectivity index (χ3v) is 4.82. The van der Waals surface area contributed by atoms with Crippen LogP contribution in [0.15, 0.2) is 41.0 Å². The number of nitriles is 1. The summed E-state index contributed by atoms with van der Waals surface area (Å²) in [4.78, 5) is 13.0. The van der Waals surface area contributed by atoms with E-state index in [1.807, 2.05) is 13.8 Å². The van der Waals surface area contributed by atoms with Crippen LogP contribution in [-0.4, -0.2) is 20.0 Å². The van der Waals surface area contributed by atoms with Crippen LogP contribution in [0.25, 0.3) is 0 Å². The fourth-order valence-corrected chi connectivity index (χ4v) is 3.66. The van der Waals surface area contributed by atoms with Gasteiger partial charge in [0.2, 0.25) is 5.88 Å². The summed E-state index contributed by atoms with van der Waals surface area (Å²) in [6.07, 6.45) is 0.965. The molecule has 0 aromatic heterocycles. The highest BCUT2D eigenvalue weighted by Gasteiger charge is 2.43. The van der Waals surface area contributed by atoms with Crippen molar-refractivity contribution in [1.82, 2.24) is 0 Å². The topological polar surface area (TPSA) is 94.6 Å². The van der Waals surface area contributed by atoms with Crippen LogP contribution in [-0.2, 0) is 9.53 Å². The Balaban J connectivity index is 2.25. The maximum Gasteiger partial charge on any atom is 0.205 e. The van der Waals surface area contributed by atoms with Crippen LogP contribution >= 0.6 is 0 Å². The van der Waals surface area contributed by atoms with Gasteiger partial charge in [0.15, 0.2) is 5.78 Å². The van der Waals surface area contributed by atoms with Crippen molar-refractivity contribution < 1.29 is 19.0 Å². The van der Waals surface area contributed by atoms with Crippen LogP contribution in [0.4, 0.5) is 0 Å². The highest BCUT2D eigenvalue weighted by molar-refractivity contribution is 6.00. The molecule has 1 aromatic rings. The Morgan fingerprint density at radius 3 is 2.62 bits per heavy atom. The van der Waals surface area contributed by atoms with Crippen molar-refractivity contribution in [2.24, 2.45) is 11.1 Å². The molecule has 6 nitrogen and oxygen atoms in total. The Morgan fingerprint density at radius 2 is 2.00 bits per heavy atom. The fourth-order valence-electron chi connectivity index (χ4n) is 3.66. The van der Waals surface area contributed by atoms with E-state index in [4.69, 9.17) is 19.9 Å². The summed E-state index contributed by atoms with van der Waals surface area (Å²) in [6.45, 7) is 4.03. The van der Waals surface area contributed by atoms with Crippen molar-refractivity contribution in [2.75, 3.05) is 14.2 Å². The number of allylic oxidation sites excluding steroid dienone is 3. The zero-order valence-electron chi connectivity index (χ0n) is 15.4. The van der Waals surface area contributed by atoms with Crippen LogP contribution in [0.5, 0.6) is 11.5 Å². The van der Waals surface area contributed by atoms with Crippen LogP contribution in [0.2, 0.25) is 0 Å². The second-order valence-electron chi connectivity index (χ2n) is 7.31. The van der Waals surface area contributed by atoms with Crippen molar-refractivity contribution >= 4 is 5.78 Å². The number of carbonyl (C=O) groups excluding carboxylic acids is 1. The summed E-state index contributed by atoms with van der Waals surface area (Å²) in [7, 11) is 3.11. The molecule has 0 bridgehead atoms. The SMILES string of the molecule is COc1ccc(OC)c([C@@H]2C(C#N)=C(N)OC3=C2C(=O)CC(C)(C)C3)c1. The number of ether oxygens (including phenoxy) is 3. The molecule has 0 saturated heterocycles. The van der Waals surface area contributed by atoms with Gasteiger partial charge in [0, 0.05) is 24.0 Å². The molecule has 1 aromatic carbocycles. The van der Waals surface area contributed by atoms with Crippen molar-refractivity contribution in [2.45, 2.75) is 32.6 Å². The Morgan fingerprint density at radius 1 is 1.27 bits per heavy atom. The van der Waals surface area contributed by atoms with E-state index < -0.39 is 5.92 Å². The number of rotatable bonds is 3. The normalized spacial score (nSPS) is 21.7. The van der Waals surface area contributed by atoms with Crippen LogP contribution in [0.1, 0.15) is 38.2 Å². The number of Topliss-reactive ketones (excluding diaryl/α,β-unsaturated/α-hetero) is 1. The van der Waals surface area contributed by atoms with Crippen molar-refractivity contribution in [3.8, 4) is 17.6 Å². The number of nitrogens with zero attached hydrogens (tertiary/aromatic N) is 1. The number of methoxy groups -OCH3 is 2. The molecular weight excluding hydrogens is 332 g/mol. The minimum atomic E-state index is -0.627. The van der Waals surface area contributed by atoms with Crippen molar-refractivity contribution in [1.29, 1.82) is 5.26 Å². The predicted molar refractivity (Wildman–Crippen MR) is 95.2 cm³/mol. The molecule has 0 amide bonds. The Hall–Kier alpha value is -2.94. The van der Waals surface area contributed by atoms with Crippen molar-refractivity contribution in [3.05, 3.63) is 46.6 Å². The van der Waals surface area contributed by atoms with Crippen LogP contribution in [0.3, 0.4) is 0 Å². The monoisotopic (exact) mass is 354 g/mol. The molecule has 1 heterocycles. The maximum absolute atomic E-state index is 13.0. The van der Waals surface area contributed by atoms with Gasteiger partial charge in [0.05, 0.1) is 20.1 Å². The van der Waals surface area contributed by atoms with E-state index in [1.165, 1.54) is 0 Å². The third kappa shape index (κ3) is 2.90. The Bertz CT molecular complexity index is 874. The first-order valence-corrected chi connectivity index (χ1v) is 8.37. The molecule has 6 heteroatoms. The lowest BCUT2D eigenvalue weighted by atomic mass is 9.70. The van der Waals surface area contributed by atoms with Crippen LogP contribution < -0.4 is 15.2 Å². The maximum atomic E-state index is 13.0. The lowest BCUT2D eigenvalue weighted by Gasteiger charge is -2.37. The average molecular weight is 354 g/mol. The quantitative estimate of drug-likeness (QED) is 0.896. The van der Waals surface area contributed by atoms with Gasteiger partial charge >= 0.3 is 0 Å². The third-order valence-electron chi connectivity index (χ3n) is 4.82. The zero-order chi connectivity index (χ0) is 19.1. The predicted octanol–water partition coefficient (Wildman–Crippen LogP) is 3.15. The van der Waals surface area contributed by atoms with Gasteiger partial charge in [-0.05, 0) is 23.6 Å². The molecule has 0 saturated carbocycles. The largest absolute Gasteiger partial charge is 0.497 e. The van der Waals surface area contributed by atoms with Gasteiger partial charge in [-0.2, -0.15) is 5.26 Å². The minimum absolute atomic E-state index is 0.0339. The Labute approximate surface area is 152 Å². The van der Waals surface area contributed by atoms with Gasteiger partial charge in [0.1, 0.15) is 28.9 Å². The molecule has 26 heavy (non-hydrogen) atoms. The molecular formula is C20H22N2O4. The summed E-state index contributed by atoms with van der Waals surface area (Å²) >= 11 is 0. The number of nitrogens with two attached hydrogens (primary N) is 1. The highest BCUT2D eigenvalue weighted by Crippen LogP contribution is 2.49. The van der Waals surface area contributed by atoms with E-state index in [0.717, 1.165) is 0 Å². The summed E-state index contributed by atoms with van der Waals surface area (Å²) in [5.41, 5.74) is 7.18. The smallest absolute Gasteiger partial charge is 0.205 e. The molecule has 1 atom stereocenters. The number of benzene rings is 1. The van der Waals surface area contributed by atoms with E-state index >= 15 is 0 Å². The second kappa shape index (κ2) is 6.41. The molecule has 0 radical (unpaired) electrons. The summed E-state index contributed by atoms with van der Waals surface area (Å²) in [5.74, 6) is 1.07. The number of carbonyl (C=O) groups is 1. The van der Waals surface area contributed by atoms with Crippen molar-refractivity contribution in [3.63, 3.8) is 0 Å². The molecule has 3 rings (SSSR count). The first-order chi connectivity index (χ1) is 12.3. The first-order valence-electron chi connectivity index (χ1n) is 8.37. The molecule has 2 aliphatic rings. The number of ketones is 1. The first kappa shape index (κ1) is 17.9. The van der Waals surface area contributed by atoms with E-state index in [-0.39, 0.29) is 22.7 Å². The molecule has 0 fully saturated rings. The fraction of sp³-hybridized carbons (Fsp3) is 0.400. The molecule has 0 unspecified atom stereocenters. The van der Waals surface area contributed by atoms with Gasteiger partial charge in [-0.1, -0.05) is 13.8 Å². The van der Waals surface area contributed by atoms with Gasteiger partial charge < -0.3 is 19.9 Å². The van der Waals surface area contributed by atoms with Gasteiger partial charge in [0.25, 0.3) is 0 Å². The van der Waals surface area contributed by atoms with E-state index in [0.29, 0.717) is 41.2 Å². The van der Waals surface area contributed by atoms with E-state index in [2.05, 4.69) is 6.07 Å². The summed E-state index contributed by atoms with van der Waals surface area (Å²) in [5, 5.41) is 9.69. The molecule has 136 valence electrons. The van der Waals surface area contributed by atoms with E-state index in [9.17, 15) is 10.1 Å². The summed E-state index contributed by atoms with van der Waals surface area (Å²) < 4.78 is 16.5. The van der Waals surface area contributed by atoms with Gasteiger partial charge in [-0.25, -0.2) is 0 Å².